The van der Waals surface area contributed by atoms with Crippen molar-refractivity contribution in [1.29, 1.82) is 0 Å². The largest absolute Gasteiger partial charge is 0.480 e. The van der Waals surface area contributed by atoms with Crippen LogP contribution >= 0.6 is 11.8 Å². The summed E-state index contributed by atoms with van der Waals surface area (Å²) in [4.78, 5) is 25.2. The first kappa shape index (κ1) is 18.9. The number of amides is 1. The third-order valence-corrected chi connectivity index (χ3v) is 5.41. The minimum Gasteiger partial charge on any atom is -0.480 e. The summed E-state index contributed by atoms with van der Waals surface area (Å²) in [6, 6.07) is 1.09. The maximum Gasteiger partial charge on any atom is 0.320 e. The van der Waals surface area contributed by atoms with Gasteiger partial charge in [0.05, 0.1) is 0 Å². The Morgan fingerprint density at radius 3 is 2.88 bits per heavy atom. The molecule has 134 valence electrons. The number of hydrogen-bond donors (Lipinski definition) is 2. The van der Waals surface area contributed by atoms with Crippen LogP contribution in [0.15, 0.2) is 10.5 Å². The SMILES string of the molecule is CCCCSCc1cc(C(=O)N[C@@H]2C[C@@H](C(=O)O)N(C)C2)oc1C. The fourth-order valence-corrected chi connectivity index (χ4v) is 4.00. The number of unbranched alkanes of at least 4 members (excludes halogenated alkanes) is 1. The van der Waals surface area contributed by atoms with Crippen molar-refractivity contribution in [3.63, 3.8) is 0 Å². The molecule has 7 heteroatoms. The molecule has 0 bridgehead atoms. The van der Waals surface area contributed by atoms with E-state index in [0.29, 0.717) is 18.7 Å². The molecule has 0 aliphatic carbocycles. The zero-order chi connectivity index (χ0) is 17.7. The second-order valence-electron chi connectivity index (χ2n) is 6.30. The monoisotopic (exact) mass is 354 g/mol. The predicted molar refractivity (Wildman–Crippen MR) is 94.4 cm³/mol. The molecule has 1 aliphatic heterocycles. The number of thioether (sulfide) groups is 1. The van der Waals surface area contributed by atoms with Gasteiger partial charge in [-0.25, -0.2) is 0 Å². The topological polar surface area (TPSA) is 82.8 Å². The van der Waals surface area contributed by atoms with E-state index in [1.807, 2.05) is 18.7 Å². The van der Waals surface area contributed by atoms with Gasteiger partial charge in [0.1, 0.15) is 11.8 Å². The smallest absolute Gasteiger partial charge is 0.320 e. The predicted octanol–water partition coefficient (Wildman–Crippen LogP) is 2.51. The molecular formula is C17H26N2O4S. The average molecular weight is 354 g/mol. The number of carbonyl (C=O) groups excluding carboxylic acids is 1. The number of aryl methyl sites for hydroxylation is 1. The summed E-state index contributed by atoms with van der Waals surface area (Å²) >= 11 is 1.84. The second kappa shape index (κ2) is 8.58. The van der Waals surface area contributed by atoms with Gasteiger partial charge in [0.2, 0.25) is 0 Å². The third-order valence-electron chi connectivity index (χ3n) is 4.31. The summed E-state index contributed by atoms with van der Waals surface area (Å²) in [6.07, 6.45) is 2.78. The molecule has 1 saturated heterocycles. The van der Waals surface area contributed by atoms with E-state index in [1.165, 1.54) is 12.8 Å². The number of hydrogen-bond acceptors (Lipinski definition) is 5. The van der Waals surface area contributed by atoms with E-state index in [4.69, 9.17) is 9.52 Å². The Labute approximate surface area is 147 Å². The number of carboxylic acids is 1. The lowest BCUT2D eigenvalue weighted by Crippen LogP contribution is -2.36. The van der Waals surface area contributed by atoms with Crippen LogP contribution in [0.25, 0.3) is 0 Å². The summed E-state index contributed by atoms with van der Waals surface area (Å²) in [5, 5.41) is 12.0. The van der Waals surface area contributed by atoms with Gasteiger partial charge in [-0.1, -0.05) is 13.3 Å². The fraction of sp³-hybridized carbons (Fsp3) is 0.647. The number of carboxylic acid groups (broad SMARTS) is 1. The number of furan rings is 1. The number of likely N-dealkylation sites (N-methyl/N-ethyl adjacent to an activating group) is 1. The molecule has 1 aromatic heterocycles. The Balaban J connectivity index is 1.90. The lowest BCUT2D eigenvalue weighted by molar-refractivity contribution is -0.141. The van der Waals surface area contributed by atoms with E-state index < -0.39 is 12.0 Å². The van der Waals surface area contributed by atoms with Crippen LogP contribution in [0.4, 0.5) is 0 Å². The Morgan fingerprint density at radius 1 is 1.50 bits per heavy atom. The van der Waals surface area contributed by atoms with Gasteiger partial charge in [-0.3, -0.25) is 14.5 Å². The highest BCUT2D eigenvalue weighted by Gasteiger charge is 2.35. The van der Waals surface area contributed by atoms with Crippen molar-refractivity contribution in [2.24, 2.45) is 0 Å². The van der Waals surface area contributed by atoms with Gasteiger partial charge in [0.15, 0.2) is 5.76 Å². The van der Waals surface area contributed by atoms with E-state index >= 15 is 0 Å². The first-order valence-corrected chi connectivity index (χ1v) is 9.48. The summed E-state index contributed by atoms with van der Waals surface area (Å²) in [7, 11) is 1.76. The number of aliphatic carboxylic acids is 1. The van der Waals surface area contributed by atoms with Crippen LogP contribution in [-0.2, 0) is 10.5 Å². The lowest BCUT2D eigenvalue weighted by atomic mass is 10.1. The van der Waals surface area contributed by atoms with Gasteiger partial charge in [0, 0.05) is 23.9 Å². The minimum absolute atomic E-state index is 0.170. The molecule has 0 spiro atoms. The van der Waals surface area contributed by atoms with Gasteiger partial charge in [-0.2, -0.15) is 11.8 Å². The van der Waals surface area contributed by atoms with Crippen molar-refractivity contribution < 1.29 is 19.1 Å². The minimum atomic E-state index is -0.852. The number of nitrogens with one attached hydrogen (secondary N) is 1. The lowest BCUT2D eigenvalue weighted by Gasteiger charge is -2.13. The molecule has 0 aromatic carbocycles. The Hall–Kier alpha value is -1.47. The molecule has 2 heterocycles. The Morgan fingerprint density at radius 2 is 2.25 bits per heavy atom. The quantitative estimate of drug-likeness (QED) is 0.698. The third kappa shape index (κ3) is 4.77. The van der Waals surface area contributed by atoms with E-state index in [2.05, 4.69) is 12.2 Å². The number of carbonyl (C=O) groups is 2. The molecule has 2 rings (SSSR count). The molecule has 0 radical (unpaired) electrons. The molecule has 1 amide bonds. The van der Waals surface area contributed by atoms with Crippen molar-refractivity contribution in [1.82, 2.24) is 10.2 Å². The maximum atomic E-state index is 12.3. The molecule has 1 aromatic rings. The summed E-state index contributed by atoms with van der Waals surface area (Å²) in [5.41, 5.74) is 1.05. The van der Waals surface area contributed by atoms with Crippen LogP contribution in [0.1, 0.15) is 48.1 Å². The maximum absolute atomic E-state index is 12.3. The van der Waals surface area contributed by atoms with E-state index in [0.717, 1.165) is 22.8 Å². The summed E-state index contributed by atoms with van der Waals surface area (Å²) in [5.74, 6) is 1.90. The summed E-state index contributed by atoms with van der Waals surface area (Å²) in [6.45, 7) is 4.57. The van der Waals surface area contributed by atoms with Crippen molar-refractivity contribution in [2.75, 3.05) is 19.3 Å². The molecule has 6 nitrogen and oxygen atoms in total. The first-order valence-electron chi connectivity index (χ1n) is 8.33. The molecule has 1 fully saturated rings. The van der Waals surface area contributed by atoms with Gasteiger partial charge in [-0.05, 0) is 38.6 Å². The molecule has 2 N–H and O–H groups in total. The van der Waals surface area contributed by atoms with Crippen LogP contribution in [0.5, 0.6) is 0 Å². The molecule has 0 saturated carbocycles. The summed E-state index contributed by atoms with van der Waals surface area (Å²) < 4.78 is 5.59. The molecule has 1 aliphatic rings. The van der Waals surface area contributed by atoms with Crippen molar-refractivity contribution in [2.45, 2.75) is 50.9 Å². The van der Waals surface area contributed by atoms with Gasteiger partial charge < -0.3 is 14.8 Å². The zero-order valence-electron chi connectivity index (χ0n) is 14.5. The number of likely N-dealkylation sites (tertiary alicyclic amines) is 1. The van der Waals surface area contributed by atoms with Gasteiger partial charge in [-0.15, -0.1) is 0 Å². The molecule has 0 unspecified atom stereocenters. The van der Waals surface area contributed by atoms with Crippen LogP contribution in [0, 0.1) is 6.92 Å². The van der Waals surface area contributed by atoms with E-state index in [9.17, 15) is 9.59 Å². The van der Waals surface area contributed by atoms with Crippen LogP contribution in [-0.4, -0.2) is 53.3 Å². The van der Waals surface area contributed by atoms with Crippen LogP contribution in [0.3, 0.4) is 0 Å². The van der Waals surface area contributed by atoms with Gasteiger partial charge in [0.25, 0.3) is 5.91 Å². The Bertz CT molecular complexity index is 587. The zero-order valence-corrected chi connectivity index (χ0v) is 15.3. The van der Waals surface area contributed by atoms with Crippen molar-refractivity contribution in [3.05, 3.63) is 23.2 Å². The Kier molecular flexibility index (Phi) is 6.74. The number of rotatable bonds is 8. The van der Waals surface area contributed by atoms with Crippen LogP contribution < -0.4 is 5.32 Å². The van der Waals surface area contributed by atoms with Crippen molar-refractivity contribution in [3.8, 4) is 0 Å². The second-order valence-corrected chi connectivity index (χ2v) is 7.40. The highest BCUT2D eigenvalue weighted by molar-refractivity contribution is 7.98. The first-order chi connectivity index (χ1) is 11.4. The number of nitrogens with zero attached hydrogens (tertiary/aromatic N) is 1. The van der Waals surface area contributed by atoms with Crippen molar-refractivity contribution >= 4 is 23.6 Å². The molecular weight excluding hydrogens is 328 g/mol. The van der Waals surface area contributed by atoms with E-state index in [1.54, 1.807) is 18.0 Å². The molecule has 24 heavy (non-hydrogen) atoms. The normalized spacial score (nSPS) is 21.1. The fourth-order valence-electron chi connectivity index (χ4n) is 2.85. The van der Waals surface area contributed by atoms with Crippen LogP contribution in [0.2, 0.25) is 0 Å². The average Bonchev–Trinajstić information content (AvgIpc) is 3.07. The van der Waals surface area contributed by atoms with Gasteiger partial charge >= 0.3 is 5.97 Å². The highest BCUT2D eigenvalue weighted by Crippen LogP contribution is 2.22. The highest BCUT2D eigenvalue weighted by atomic mass is 32.2. The molecule has 2 atom stereocenters. The standard InChI is InChI=1S/C17H26N2O4S/c1-4-5-6-24-10-12-7-15(23-11(12)2)16(20)18-13-8-14(17(21)22)19(3)9-13/h7,13-14H,4-6,8-10H2,1-3H3,(H,18,20)(H,21,22)/t13-,14+/m1/s1. The van der Waals surface area contributed by atoms with E-state index in [-0.39, 0.29) is 11.9 Å².